The molecular formula is C18H14BrClN2O3. The zero-order valence-electron chi connectivity index (χ0n) is 13.5. The molecule has 0 heterocycles. The second-order valence-electron chi connectivity index (χ2n) is 4.86. The topological polar surface area (TPSA) is 71.3 Å². The summed E-state index contributed by atoms with van der Waals surface area (Å²) in [5.74, 6) is 0.490. The molecule has 0 unspecified atom stereocenters. The van der Waals surface area contributed by atoms with Crippen LogP contribution in [0.5, 0.6) is 11.5 Å². The van der Waals surface area contributed by atoms with Crippen LogP contribution in [0.1, 0.15) is 5.56 Å². The number of anilines is 1. The second-order valence-corrected chi connectivity index (χ2v) is 6.15. The fourth-order valence-corrected chi connectivity index (χ4v) is 2.68. The smallest absolute Gasteiger partial charge is 0.266 e. The molecule has 7 heteroatoms. The first-order chi connectivity index (χ1) is 12.0. The van der Waals surface area contributed by atoms with Gasteiger partial charge in [-0.25, -0.2) is 0 Å². The third kappa shape index (κ3) is 4.75. The molecule has 1 N–H and O–H groups in total. The van der Waals surface area contributed by atoms with Crippen molar-refractivity contribution < 1.29 is 14.3 Å². The van der Waals surface area contributed by atoms with Gasteiger partial charge in [-0.15, -0.1) is 0 Å². The van der Waals surface area contributed by atoms with Crippen molar-refractivity contribution in [1.82, 2.24) is 0 Å². The largest absolute Gasteiger partial charge is 0.493 e. The molecule has 0 aromatic heterocycles. The maximum absolute atomic E-state index is 12.3. The zero-order chi connectivity index (χ0) is 18.4. The van der Waals surface area contributed by atoms with E-state index in [9.17, 15) is 10.1 Å². The van der Waals surface area contributed by atoms with E-state index in [2.05, 4.69) is 21.2 Å². The van der Waals surface area contributed by atoms with Crippen LogP contribution in [0.2, 0.25) is 5.02 Å². The number of ether oxygens (including phenoxy) is 2. The fourth-order valence-electron chi connectivity index (χ4n) is 2.05. The zero-order valence-corrected chi connectivity index (χ0v) is 15.8. The van der Waals surface area contributed by atoms with Gasteiger partial charge >= 0.3 is 0 Å². The van der Waals surface area contributed by atoms with Gasteiger partial charge in [0.05, 0.1) is 14.2 Å². The Labute approximate surface area is 158 Å². The number of nitrogens with one attached hydrogen (secondary N) is 1. The minimum Gasteiger partial charge on any atom is -0.493 e. The van der Waals surface area contributed by atoms with Crippen molar-refractivity contribution in [3.63, 3.8) is 0 Å². The van der Waals surface area contributed by atoms with Crippen molar-refractivity contribution in [1.29, 1.82) is 5.26 Å². The molecule has 0 bridgehead atoms. The summed E-state index contributed by atoms with van der Waals surface area (Å²) in [5.41, 5.74) is 1.05. The predicted octanol–water partition coefficient (Wildman–Crippen LogP) is 4.67. The molecule has 2 aromatic rings. The maximum atomic E-state index is 12.3. The van der Waals surface area contributed by atoms with Crippen LogP contribution in [0.3, 0.4) is 0 Å². The average Bonchev–Trinajstić information content (AvgIpc) is 2.60. The molecule has 25 heavy (non-hydrogen) atoms. The lowest BCUT2D eigenvalue weighted by Gasteiger charge is -2.10. The Morgan fingerprint density at radius 2 is 1.92 bits per heavy atom. The molecule has 0 aliphatic heterocycles. The molecule has 1 amide bonds. The molecule has 0 saturated heterocycles. The number of nitriles is 1. The van der Waals surface area contributed by atoms with E-state index in [1.165, 1.54) is 20.3 Å². The SMILES string of the molecule is COc1cc(Br)c(/C=C(\C#N)C(=O)Nc2cccc(Cl)c2)cc1OC. The van der Waals surface area contributed by atoms with Gasteiger partial charge in [-0.3, -0.25) is 4.79 Å². The number of carbonyl (C=O) groups is 1. The molecule has 0 radical (unpaired) electrons. The second kappa shape index (κ2) is 8.56. The average molecular weight is 422 g/mol. The Hall–Kier alpha value is -2.49. The summed E-state index contributed by atoms with van der Waals surface area (Å²) in [4.78, 5) is 12.3. The highest BCUT2D eigenvalue weighted by atomic mass is 79.9. The van der Waals surface area contributed by atoms with Crippen molar-refractivity contribution in [3.05, 3.63) is 57.0 Å². The highest BCUT2D eigenvalue weighted by molar-refractivity contribution is 9.10. The molecule has 0 atom stereocenters. The first kappa shape index (κ1) is 18.8. The molecule has 0 fully saturated rings. The van der Waals surface area contributed by atoms with E-state index in [1.54, 1.807) is 36.4 Å². The summed E-state index contributed by atoms with van der Waals surface area (Å²) in [6.45, 7) is 0. The van der Waals surface area contributed by atoms with Gasteiger partial charge < -0.3 is 14.8 Å². The van der Waals surface area contributed by atoms with Crippen molar-refractivity contribution in [3.8, 4) is 17.6 Å². The van der Waals surface area contributed by atoms with Gasteiger partial charge in [-0.1, -0.05) is 33.6 Å². The minimum absolute atomic E-state index is 0.0621. The van der Waals surface area contributed by atoms with Crippen LogP contribution >= 0.6 is 27.5 Å². The Morgan fingerprint density at radius 3 is 2.52 bits per heavy atom. The monoisotopic (exact) mass is 420 g/mol. The van der Waals surface area contributed by atoms with Crippen LogP contribution in [0.25, 0.3) is 6.08 Å². The van der Waals surface area contributed by atoms with E-state index < -0.39 is 5.91 Å². The van der Waals surface area contributed by atoms with E-state index in [0.717, 1.165) is 0 Å². The third-order valence-corrected chi connectivity index (χ3v) is 4.17. The van der Waals surface area contributed by atoms with E-state index in [4.69, 9.17) is 21.1 Å². The van der Waals surface area contributed by atoms with Crippen LogP contribution < -0.4 is 14.8 Å². The van der Waals surface area contributed by atoms with Crippen LogP contribution in [0.15, 0.2) is 46.4 Å². The number of amides is 1. The number of benzene rings is 2. The first-order valence-corrected chi connectivity index (χ1v) is 8.25. The van der Waals surface area contributed by atoms with Gasteiger partial charge in [0, 0.05) is 15.2 Å². The number of carbonyl (C=O) groups excluding carboxylic acids is 1. The number of hydrogen-bond donors (Lipinski definition) is 1. The molecule has 0 aliphatic carbocycles. The van der Waals surface area contributed by atoms with Crippen LogP contribution in [0, 0.1) is 11.3 Å². The third-order valence-electron chi connectivity index (χ3n) is 3.25. The lowest BCUT2D eigenvalue weighted by molar-refractivity contribution is -0.112. The van der Waals surface area contributed by atoms with E-state index in [0.29, 0.717) is 32.2 Å². The summed E-state index contributed by atoms with van der Waals surface area (Å²) in [7, 11) is 3.04. The minimum atomic E-state index is -0.536. The van der Waals surface area contributed by atoms with Crippen LogP contribution in [0.4, 0.5) is 5.69 Å². The fraction of sp³-hybridized carbons (Fsp3) is 0.111. The Morgan fingerprint density at radius 1 is 1.24 bits per heavy atom. The summed E-state index contributed by atoms with van der Waals surface area (Å²) in [6.07, 6.45) is 1.46. The normalized spacial score (nSPS) is 10.8. The van der Waals surface area contributed by atoms with Gasteiger partial charge in [0.2, 0.25) is 0 Å². The van der Waals surface area contributed by atoms with Crippen LogP contribution in [-0.2, 0) is 4.79 Å². The Kier molecular flexibility index (Phi) is 6.45. The Balaban J connectivity index is 2.34. The molecular weight excluding hydrogens is 408 g/mol. The summed E-state index contributed by atoms with van der Waals surface area (Å²) in [6, 6.07) is 12.0. The number of nitrogens with zero attached hydrogens (tertiary/aromatic N) is 1. The van der Waals surface area contributed by atoms with Crippen molar-refractivity contribution in [2.24, 2.45) is 0 Å². The van der Waals surface area contributed by atoms with E-state index in [-0.39, 0.29) is 5.57 Å². The van der Waals surface area contributed by atoms with Crippen molar-refractivity contribution >= 4 is 45.2 Å². The predicted molar refractivity (Wildman–Crippen MR) is 101 cm³/mol. The summed E-state index contributed by atoms with van der Waals surface area (Å²) >= 11 is 9.29. The van der Waals surface area contributed by atoms with Gasteiger partial charge in [0.25, 0.3) is 5.91 Å². The molecule has 128 valence electrons. The molecule has 0 spiro atoms. The van der Waals surface area contributed by atoms with Gasteiger partial charge in [0.15, 0.2) is 11.5 Å². The summed E-state index contributed by atoms with van der Waals surface area (Å²) in [5, 5.41) is 12.5. The van der Waals surface area contributed by atoms with Gasteiger partial charge in [-0.05, 0) is 42.0 Å². The quantitative estimate of drug-likeness (QED) is 0.563. The molecule has 0 aliphatic rings. The first-order valence-electron chi connectivity index (χ1n) is 7.08. The van der Waals surface area contributed by atoms with Gasteiger partial charge in [-0.2, -0.15) is 5.26 Å². The van der Waals surface area contributed by atoms with Crippen LogP contribution in [-0.4, -0.2) is 20.1 Å². The lowest BCUT2D eigenvalue weighted by atomic mass is 10.1. The number of methoxy groups -OCH3 is 2. The van der Waals surface area contributed by atoms with E-state index in [1.807, 2.05) is 6.07 Å². The van der Waals surface area contributed by atoms with Crippen molar-refractivity contribution in [2.45, 2.75) is 0 Å². The summed E-state index contributed by atoms with van der Waals surface area (Å²) < 4.78 is 11.1. The Bertz CT molecular complexity index is 875. The number of rotatable bonds is 5. The number of hydrogen-bond acceptors (Lipinski definition) is 4. The lowest BCUT2D eigenvalue weighted by Crippen LogP contribution is -2.13. The maximum Gasteiger partial charge on any atom is 0.266 e. The molecule has 2 rings (SSSR count). The standard InChI is InChI=1S/C18H14BrClN2O3/c1-24-16-7-11(15(19)9-17(16)25-2)6-12(10-21)18(23)22-14-5-3-4-13(20)8-14/h3-9H,1-2H3,(H,22,23)/b12-6+. The molecule has 5 nitrogen and oxygen atoms in total. The molecule has 2 aromatic carbocycles. The number of halogens is 2. The van der Waals surface area contributed by atoms with Gasteiger partial charge in [0.1, 0.15) is 11.6 Å². The highest BCUT2D eigenvalue weighted by Crippen LogP contribution is 2.34. The van der Waals surface area contributed by atoms with Crippen molar-refractivity contribution in [2.75, 3.05) is 19.5 Å². The molecule has 0 saturated carbocycles. The highest BCUT2D eigenvalue weighted by Gasteiger charge is 2.13. The van der Waals surface area contributed by atoms with E-state index >= 15 is 0 Å².